The number of halogens is 3. The lowest BCUT2D eigenvalue weighted by Crippen LogP contribution is -2.08. The van der Waals surface area contributed by atoms with Crippen LogP contribution in [0.2, 0.25) is 10.0 Å². The van der Waals surface area contributed by atoms with Crippen LogP contribution in [0.5, 0.6) is 0 Å². The number of hydrogen-bond donors (Lipinski definition) is 1. The summed E-state index contributed by atoms with van der Waals surface area (Å²) >= 11 is 11.6. The van der Waals surface area contributed by atoms with E-state index in [-0.39, 0.29) is 27.0 Å². The fourth-order valence-electron chi connectivity index (χ4n) is 1.82. The van der Waals surface area contributed by atoms with E-state index in [0.717, 1.165) is 0 Å². The minimum atomic E-state index is -3.72. The van der Waals surface area contributed by atoms with E-state index >= 15 is 0 Å². The van der Waals surface area contributed by atoms with E-state index in [0.29, 0.717) is 5.56 Å². The third-order valence-electron chi connectivity index (χ3n) is 2.94. The zero-order chi connectivity index (χ0) is 15.6. The van der Waals surface area contributed by atoms with Gasteiger partial charge in [0.1, 0.15) is 5.82 Å². The lowest BCUT2D eigenvalue weighted by molar-refractivity contribution is 0.586. The first-order chi connectivity index (χ1) is 9.83. The molecule has 2 aromatic carbocycles. The highest BCUT2D eigenvalue weighted by Gasteiger charge is 2.19. The standard InChI is InChI=1S/C14H12Cl2FNO2S/c15-12-3-2-11(6-13(12)16)21(19,20)8-10-5-9(7-18)1-4-14(10)17/h1-6H,7-8,18H2. The van der Waals surface area contributed by atoms with Crippen LogP contribution in [0.15, 0.2) is 41.3 Å². The fraction of sp³-hybridized carbons (Fsp3) is 0.143. The molecule has 0 aliphatic carbocycles. The van der Waals surface area contributed by atoms with Crippen LogP contribution in [0, 0.1) is 5.82 Å². The van der Waals surface area contributed by atoms with E-state index < -0.39 is 21.4 Å². The molecule has 0 spiro atoms. The molecule has 2 aromatic rings. The van der Waals surface area contributed by atoms with Gasteiger partial charge < -0.3 is 5.73 Å². The van der Waals surface area contributed by atoms with E-state index in [1.54, 1.807) is 0 Å². The molecular weight excluding hydrogens is 336 g/mol. The van der Waals surface area contributed by atoms with Gasteiger partial charge in [0.2, 0.25) is 0 Å². The molecule has 0 saturated carbocycles. The van der Waals surface area contributed by atoms with Crippen molar-refractivity contribution in [2.24, 2.45) is 5.73 Å². The molecule has 2 N–H and O–H groups in total. The highest BCUT2D eigenvalue weighted by atomic mass is 35.5. The minimum Gasteiger partial charge on any atom is -0.326 e. The summed E-state index contributed by atoms with van der Waals surface area (Å²) in [7, 11) is -3.72. The first kappa shape index (κ1) is 16.2. The van der Waals surface area contributed by atoms with E-state index in [1.165, 1.54) is 36.4 Å². The Morgan fingerprint density at radius 2 is 1.76 bits per heavy atom. The molecule has 3 nitrogen and oxygen atoms in total. The monoisotopic (exact) mass is 347 g/mol. The summed E-state index contributed by atoms with van der Waals surface area (Å²) in [4.78, 5) is -0.00514. The van der Waals surface area contributed by atoms with Crippen molar-refractivity contribution in [2.45, 2.75) is 17.2 Å². The summed E-state index contributed by atoms with van der Waals surface area (Å²) in [5.41, 5.74) is 6.21. The molecule has 0 amide bonds. The van der Waals surface area contributed by atoms with Crippen LogP contribution in [-0.4, -0.2) is 8.42 Å². The highest BCUT2D eigenvalue weighted by Crippen LogP contribution is 2.27. The average Bonchev–Trinajstić information content (AvgIpc) is 2.44. The number of sulfone groups is 1. The molecule has 112 valence electrons. The predicted molar refractivity (Wildman–Crippen MR) is 81.6 cm³/mol. The smallest absolute Gasteiger partial charge is 0.182 e. The van der Waals surface area contributed by atoms with E-state index in [2.05, 4.69) is 0 Å². The van der Waals surface area contributed by atoms with Gasteiger partial charge >= 0.3 is 0 Å². The van der Waals surface area contributed by atoms with E-state index in [9.17, 15) is 12.8 Å². The van der Waals surface area contributed by atoms with Crippen molar-refractivity contribution < 1.29 is 12.8 Å². The third-order valence-corrected chi connectivity index (χ3v) is 5.34. The summed E-state index contributed by atoms with van der Waals surface area (Å²) in [5.74, 6) is -1.05. The van der Waals surface area contributed by atoms with Gasteiger partial charge in [-0.3, -0.25) is 0 Å². The van der Waals surface area contributed by atoms with Crippen molar-refractivity contribution in [2.75, 3.05) is 0 Å². The molecule has 21 heavy (non-hydrogen) atoms. The van der Waals surface area contributed by atoms with Crippen LogP contribution in [-0.2, 0) is 22.1 Å². The Kier molecular flexibility index (Phi) is 4.88. The Balaban J connectivity index is 2.39. The largest absolute Gasteiger partial charge is 0.326 e. The van der Waals surface area contributed by atoms with Gasteiger partial charge in [0.15, 0.2) is 9.84 Å². The second kappa shape index (κ2) is 6.32. The fourth-order valence-corrected chi connectivity index (χ4v) is 3.56. The average molecular weight is 348 g/mol. The van der Waals surface area contributed by atoms with E-state index in [1.807, 2.05) is 0 Å². The summed E-state index contributed by atoms with van der Waals surface area (Å²) in [6.07, 6.45) is 0. The van der Waals surface area contributed by atoms with Crippen molar-refractivity contribution >= 4 is 33.0 Å². The molecule has 0 radical (unpaired) electrons. The van der Waals surface area contributed by atoms with E-state index in [4.69, 9.17) is 28.9 Å². The normalized spacial score (nSPS) is 11.6. The Labute approximate surface area is 132 Å². The Morgan fingerprint density at radius 3 is 2.38 bits per heavy atom. The maximum atomic E-state index is 13.7. The van der Waals surface area contributed by atoms with Gasteiger partial charge in [-0.25, -0.2) is 12.8 Å². The second-order valence-corrected chi connectivity index (χ2v) is 7.27. The molecule has 0 saturated heterocycles. The Hall–Kier alpha value is -1.14. The molecule has 2 rings (SSSR count). The van der Waals surface area contributed by atoms with Gasteiger partial charge in [0.25, 0.3) is 0 Å². The predicted octanol–water partition coefficient (Wildman–Crippen LogP) is 3.57. The van der Waals surface area contributed by atoms with Crippen LogP contribution in [0.3, 0.4) is 0 Å². The maximum absolute atomic E-state index is 13.7. The third kappa shape index (κ3) is 3.74. The summed E-state index contributed by atoms with van der Waals surface area (Å²) in [5, 5.41) is 0.390. The SMILES string of the molecule is NCc1ccc(F)c(CS(=O)(=O)c2ccc(Cl)c(Cl)c2)c1. The molecule has 0 aromatic heterocycles. The van der Waals surface area contributed by atoms with Crippen molar-refractivity contribution in [3.05, 3.63) is 63.4 Å². The second-order valence-electron chi connectivity index (χ2n) is 4.46. The van der Waals surface area contributed by atoms with Gasteiger partial charge in [0.05, 0.1) is 20.7 Å². The minimum absolute atomic E-state index is 0.00514. The number of nitrogens with two attached hydrogens (primary N) is 1. The lowest BCUT2D eigenvalue weighted by atomic mass is 10.1. The molecule has 0 atom stereocenters. The summed E-state index contributed by atoms with van der Waals surface area (Å²) in [6.45, 7) is 0.208. The lowest BCUT2D eigenvalue weighted by Gasteiger charge is -2.08. The van der Waals surface area contributed by atoms with Crippen molar-refractivity contribution in [3.63, 3.8) is 0 Å². The van der Waals surface area contributed by atoms with Gasteiger partial charge in [-0.05, 0) is 29.8 Å². The van der Waals surface area contributed by atoms with Crippen LogP contribution in [0.25, 0.3) is 0 Å². The molecule has 0 bridgehead atoms. The van der Waals surface area contributed by atoms with Crippen molar-refractivity contribution in [3.8, 4) is 0 Å². The molecule has 0 unspecified atom stereocenters. The van der Waals surface area contributed by atoms with Gasteiger partial charge in [0, 0.05) is 12.1 Å². The summed E-state index contributed by atoms with van der Waals surface area (Å²) in [6, 6.07) is 8.17. The quantitative estimate of drug-likeness (QED) is 0.919. The number of hydrogen-bond acceptors (Lipinski definition) is 3. The van der Waals surface area contributed by atoms with Gasteiger partial charge in [-0.2, -0.15) is 0 Å². The Bertz CT molecular complexity index is 779. The van der Waals surface area contributed by atoms with Crippen molar-refractivity contribution in [1.29, 1.82) is 0 Å². The van der Waals surface area contributed by atoms with Crippen LogP contribution >= 0.6 is 23.2 Å². The van der Waals surface area contributed by atoms with Gasteiger partial charge in [-0.1, -0.05) is 35.3 Å². The van der Waals surface area contributed by atoms with Crippen LogP contribution in [0.4, 0.5) is 4.39 Å². The van der Waals surface area contributed by atoms with Crippen LogP contribution < -0.4 is 5.73 Å². The molecule has 0 aliphatic rings. The molecule has 7 heteroatoms. The van der Waals surface area contributed by atoms with Gasteiger partial charge in [-0.15, -0.1) is 0 Å². The van der Waals surface area contributed by atoms with Crippen molar-refractivity contribution in [1.82, 2.24) is 0 Å². The number of rotatable bonds is 4. The zero-order valence-corrected chi connectivity index (χ0v) is 13.1. The highest BCUT2D eigenvalue weighted by molar-refractivity contribution is 7.90. The molecule has 0 aliphatic heterocycles. The molecular formula is C14H12Cl2FNO2S. The molecule has 0 heterocycles. The topological polar surface area (TPSA) is 60.2 Å². The molecule has 0 fully saturated rings. The Morgan fingerprint density at radius 1 is 1.05 bits per heavy atom. The maximum Gasteiger partial charge on any atom is 0.182 e. The first-order valence-electron chi connectivity index (χ1n) is 5.98. The zero-order valence-electron chi connectivity index (χ0n) is 10.8. The number of benzene rings is 2. The first-order valence-corrected chi connectivity index (χ1v) is 8.39. The van der Waals surface area contributed by atoms with Crippen LogP contribution in [0.1, 0.15) is 11.1 Å². The summed E-state index contributed by atoms with van der Waals surface area (Å²) < 4.78 is 38.4.